The maximum atomic E-state index is 14.1. The maximum absolute atomic E-state index is 14.1. The summed E-state index contributed by atoms with van der Waals surface area (Å²) < 4.78 is 32.0. The first-order chi connectivity index (χ1) is 19.4. The number of halogens is 2. The number of amides is 2. The van der Waals surface area contributed by atoms with E-state index in [9.17, 15) is 18.0 Å². The van der Waals surface area contributed by atoms with Gasteiger partial charge in [0, 0.05) is 19.0 Å². The number of rotatable bonds is 13. The summed E-state index contributed by atoms with van der Waals surface area (Å²) in [6, 6.07) is 19.6. The number of ether oxygens (including phenoxy) is 1. The summed E-state index contributed by atoms with van der Waals surface area (Å²) in [5, 5.41) is 3.65. The molecule has 3 aromatic carbocycles. The molecule has 2 amide bonds. The minimum atomic E-state index is -3.87. The van der Waals surface area contributed by atoms with Gasteiger partial charge in [-0.15, -0.1) is 0 Å². The number of hydrogen-bond acceptors (Lipinski definition) is 5. The summed E-state index contributed by atoms with van der Waals surface area (Å²) in [4.78, 5) is 29.2. The third-order valence-corrected chi connectivity index (χ3v) is 8.53. The number of carbonyl (C=O) groups is 2. The zero-order valence-corrected chi connectivity index (χ0v) is 25.8. The van der Waals surface area contributed by atoms with Crippen molar-refractivity contribution in [3.8, 4) is 5.75 Å². The molecule has 0 aliphatic rings. The second kappa shape index (κ2) is 14.6. The molecular formula is C30H35Cl2N3O5S. The molecule has 41 heavy (non-hydrogen) atoms. The minimum absolute atomic E-state index is 0.00135. The molecule has 0 bridgehead atoms. The number of nitrogens with zero attached hydrogens (tertiary/aromatic N) is 2. The third kappa shape index (κ3) is 9.11. The Labute approximate surface area is 252 Å². The van der Waals surface area contributed by atoms with Crippen LogP contribution >= 0.6 is 23.2 Å². The standard InChI is InChI=1S/C30H35Cl2N3O5S/c1-5-21(2)33-30(37)28(18-22-9-7-6-8-10-22)34(19-23-11-16-26(31)27(32)17-23)29(36)20-35(41(4,38)39)24-12-14-25(40-3)15-13-24/h6-17,21,28H,5,18-20H2,1-4H3,(H,33,37). The Balaban J connectivity index is 2.07. The highest BCUT2D eigenvalue weighted by atomic mass is 35.5. The largest absolute Gasteiger partial charge is 0.497 e. The first kappa shape index (κ1) is 32.2. The Kier molecular flexibility index (Phi) is 11.5. The van der Waals surface area contributed by atoms with Crippen molar-refractivity contribution in [2.75, 3.05) is 24.2 Å². The zero-order valence-electron chi connectivity index (χ0n) is 23.5. The monoisotopic (exact) mass is 619 g/mol. The van der Waals surface area contributed by atoms with Crippen molar-refractivity contribution in [2.24, 2.45) is 0 Å². The fourth-order valence-corrected chi connectivity index (χ4v) is 5.36. The van der Waals surface area contributed by atoms with E-state index in [0.717, 1.165) is 16.1 Å². The van der Waals surface area contributed by atoms with E-state index in [4.69, 9.17) is 27.9 Å². The quantitative estimate of drug-likeness (QED) is 0.279. The molecule has 0 saturated carbocycles. The topological polar surface area (TPSA) is 96.0 Å². The van der Waals surface area contributed by atoms with Crippen molar-refractivity contribution >= 4 is 50.7 Å². The lowest BCUT2D eigenvalue weighted by Gasteiger charge is -2.34. The van der Waals surface area contributed by atoms with Crippen molar-refractivity contribution < 1.29 is 22.7 Å². The molecule has 0 spiro atoms. The Hall–Kier alpha value is -3.27. The van der Waals surface area contributed by atoms with Gasteiger partial charge in [0.05, 0.1) is 29.1 Å². The van der Waals surface area contributed by atoms with E-state index in [1.165, 1.54) is 12.0 Å². The van der Waals surface area contributed by atoms with E-state index >= 15 is 0 Å². The van der Waals surface area contributed by atoms with Gasteiger partial charge in [0.1, 0.15) is 18.3 Å². The van der Waals surface area contributed by atoms with Crippen LogP contribution in [-0.4, -0.2) is 57.1 Å². The van der Waals surface area contributed by atoms with Gasteiger partial charge >= 0.3 is 0 Å². The molecule has 1 N–H and O–H groups in total. The summed E-state index contributed by atoms with van der Waals surface area (Å²) in [5.74, 6) is -0.357. The van der Waals surface area contributed by atoms with Gasteiger partial charge in [-0.25, -0.2) is 8.42 Å². The molecule has 0 aliphatic carbocycles. The number of carbonyl (C=O) groups excluding carboxylic acids is 2. The van der Waals surface area contributed by atoms with Gasteiger partial charge in [0.25, 0.3) is 0 Å². The average Bonchev–Trinajstić information content (AvgIpc) is 2.95. The zero-order chi connectivity index (χ0) is 30.2. The highest BCUT2D eigenvalue weighted by molar-refractivity contribution is 7.92. The van der Waals surface area contributed by atoms with Crippen LogP contribution in [0.4, 0.5) is 5.69 Å². The predicted octanol–water partition coefficient (Wildman–Crippen LogP) is 5.32. The van der Waals surface area contributed by atoms with E-state index in [-0.39, 0.29) is 24.9 Å². The van der Waals surface area contributed by atoms with Crippen LogP contribution in [0.15, 0.2) is 72.8 Å². The van der Waals surface area contributed by atoms with Crippen LogP contribution < -0.4 is 14.4 Å². The molecule has 0 saturated heterocycles. The highest BCUT2D eigenvalue weighted by Crippen LogP contribution is 2.26. The predicted molar refractivity (Wildman–Crippen MR) is 164 cm³/mol. The van der Waals surface area contributed by atoms with Gasteiger partial charge in [0.15, 0.2) is 0 Å². The van der Waals surface area contributed by atoms with Crippen LogP contribution in [0.25, 0.3) is 0 Å². The van der Waals surface area contributed by atoms with Gasteiger partial charge in [-0.3, -0.25) is 13.9 Å². The summed E-state index contributed by atoms with van der Waals surface area (Å²) in [6.45, 7) is 3.32. The van der Waals surface area contributed by atoms with E-state index < -0.39 is 28.5 Å². The fraction of sp³-hybridized carbons (Fsp3) is 0.333. The highest BCUT2D eigenvalue weighted by Gasteiger charge is 2.33. The maximum Gasteiger partial charge on any atom is 0.244 e. The van der Waals surface area contributed by atoms with Gasteiger partial charge in [-0.1, -0.05) is 66.5 Å². The normalized spacial score (nSPS) is 12.7. The lowest BCUT2D eigenvalue weighted by Crippen LogP contribution is -2.54. The molecule has 3 rings (SSSR count). The first-order valence-electron chi connectivity index (χ1n) is 13.1. The van der Waals surface area contributed by atoms with Gasteiger partial charge in [-0.2, -0.15) is 0 Å². The fourth-order valence-electron chi connectivity index (χ4n) is 4.19. The average molecular weight is 621 g/mol. The molecule has 11 heteroatoms. The number of anilines is 1. The number of nitrogens with one attached hydrogen (secondary N) is 1. The van der Waals surface area contributed by atoms with Crippen molar-refractivity contribution in [2.45, 2.75) is 45.3 Å². The summed E-state index contributed by atoms with van der Waals surface area (Å²) in [6.07, 6.45) is 1.95. The smallest absolute Gasteiger partial charge is 0.244 e. The summed E-state index contributed by atoms with van der Waals surface area (Å²) in [7, 11) is -2.37. The Morgan fingerprint density at radius 1 is 0.951 bits per heavy atom. The van der Waals surface area contributed by atoms with Crippen molar-refractivity contribution in [3.05, 3.63) is 94.0 Å². The number of benzene rings is 3. The Morgan fingerprint density at radius 2 is 1.61 bits per heavy atom. The molecular weight excluding hydrogens is 585 g/mol. The number of methoxy groups -OCH3 is 1. The molecule has 220 valence electrons. The number of hydrogen-bond donors (Lipinski definition) is 1. The van der Waals surface area contributed by atoms with Crippen LogP contribution in [0.2, 0.25) is 10.0 Å². The minimum Gasteiger partial charge on any atom is -0.497 e. The van der Waals surface area contributed by atoms with Gasteiger partial charge < -0.3 is 15.0 Å². The van der Waals surface area contributed by atoms with Crippen molar-refractivity contribution in [1.29, 1.82) is 0 Å². The second-order valence-corrected chi connectivity index (χ2v) is 12.5. The molecule has 2 atom stereocenters. The SMILES string of the molecule is CCC(C)NC(=O)C(Cc1ccccc1)N(Cc1ccc(Cl)c(Cl)c1)C(=O)CN(c1ccc(OC)cc1)S(C)(=O)=O. The molecule has 2 unspecified atom stereocenters. The Morgan fingerprint density at radius 3 is 2.17 bits per heavy atom. The van der Waals surface area contributed by atoms with E-state index in [0.29, 0.717) is 33.5 Å². The molecule has 0 heterocycles. The summed E-state index contributed by atoms with van der Waals surface area (Å²) >= 11 is 12.4. The molecule has 0 aromatic heterocycles. The summed E-state index contributed by atoms with van der Waals surface area (Å²) in [5.41, 5.74) is 1.77. The van der Waals surface area contributed by atoms with Crippen molar-refractivity contribution in [3.63, 3.8) is 0 Å². The van der Waals surface area contributed by atoms with Gasteiger partial charge in [0.2, 0.25) is 21.8 Å². The van der Waals surface area contributed by atoms with E-state index in [1.54, 1.807) is 42.5 Å². The van der Waals surface area contributed by atoms with Crippen LogP contribution in [0.5, 0.6) is 5.75 Å². The molecule has 3 aromatic rings. The van der Waals surface area contributed by atoms with Crippen LogP contribution in [0, 0.1) is 0 Å². The second-order valence-electron chi connectivity index (χ2n) is 9.76. The molecule has 8 nitrogen and oxygen atoms in total. The van der Waals surface area contributed by atoms with Gasteiger partial charge in [-0.05, 0) is 60.9 Å². The lowest BCUT2D eigenvalue weighted by molar-refractivity contribution is -0.140. The van der Waals surface area contributed by atoms with Crippen LogP contribution in [0.3, 0.4) is 0 Å². The van der Waals surface area contributed by atoms with E-state index in [2.05, 4.69) is 5.32 Å². The molecule has 0 aliphatic heterocycles. The van der Waals surface area contributed by atoms with Crippen molar-refractivity contribution in [1.82, 2.24) is 10.2 Å². The molecule has 0 fully saturated rings. The molecule has 0 radical (unpaired) electrons. The van der Waals surface area contributed by atoms with E-state index in [1.807, 2.05) is 44.2 Å². The Bertz CT molecular complexity index is 1440. The third-order valence-electron chi connectivity index (χ3n) is 6.65. The number of sulfonamides is 1. The first-order valence-corrected chi connectivity index (χ1v) is 15.7. The van der Waals surface area contributed by atoms with Crippen LogP contribution in [0.1, 0.15) is 31.4 Å². The van der Waals surface area contributed by atoms with Crippen LogP contribution in [-0.2, 0) is 32.6 Å². The lowest BCUT2D eigenvalue weighted by atomic mass is 10.0.